The number of carbonyl (C=O) groups excluding carboxylic acids is 1. The molecule has 114 valence electrons. The van der Waals surface area contributed by atoms with E-state index in [0.717, 1.165) is 25.7 Å². The number of nitro benzene ring substituents is 1. The predicted molar refractivity (Wildman–Crippen MR) is 84.8 cm³/mol. The molecule has 0 N–H and O–H groups in total. The number of nitrogens with zero attached hydrogens (tertiary/aromatic N) is 2. The number of hydrogen-bond acceptors (Lipinski definition) is 3. The minimum absolute atomic E-state index is 0.000274. The van der Waals surface area contributed by atoms with Gasteiger partial charge in [0.1, 0.15) is 0 Å². The van der Waals surface area contributed by atoms with Crippen molar-refractivity contribution < 1.29 is 9.72 Å². The summed E-state index contributed by atoms with van der Waals surface area (Å²) in [7, 11) is 0. The molecule has 1 atom stereocenters. The highest BCUT2D eigenvalue weighted by atomic mass is 79.9. The summed E-state index contributed by atoms with van der Waals surface area (Å²) in [6, 6.07) is 4.33. The third-order valence-electron chi connectivity index (χ3n) is 3.66. The maximum atomic E-state index is 12.7. The SMILES string of the molecule is O=C(c1cc(Br)cc([N+](=O)[O-])c1)N1CCCCCC1CCl. The van der Waals surface area contributed by atoms with Gasteiger partial charge in [-0.25, -0.2) is 0 Å². The van der Waals surface area contributed by atoms with E-state index >= 15 is 0 Å². The molecule has 5 nitrogen and oxygen atoms in total. The standard InChI is InChI=1S/C14H16BrClN2O3/c15-11-6-10(7-13(8-11)18(20)21)14(19)17-5-3-1-2-4-12(17)9-16/h6-8,12H,1-5,9H2. The summed E-state index contributed by atoms with van der Waals surface area (Å²) in [5.41, 5.74) is 0.234. The van der Waals surface area contributed by atoms with Crippen molar-refractivity contribution in [1.29, 1.82) is 0 Å². The average Bonchev–Trinajstić information content (AvgIpc) is 2.70. The van der Waals surface area contributed by atoms with Gasteiger partial charge >= 0.3 is 0 Å². The van der Waals surface area contributed by atoms with Crippen molar-refractivity contribution in [3.8, 4) is 0 Å². The molecule has 1 amide bonds. The quantitative estimate of drug-likeness (QED) is 0.456. The molecule has 7 heteroatoms. The molecule has 0 aliphatic carbocycles. The Hall–Kier alpha value is -1.14. The highest BCUT2D eigenvalue weighted by Crippen LogP contribution is 2.25. The Kier molecular flexibility index (Phi) is 5.58. The molecule has 1 fully saturated rings. The molecule has 0 bridgehead atoms. The van der Waals surface area contributed by atoms with Crippen molar-refractivity contribution >= 4 is 39.1 Å². The molecule has 1 unspecified atom stereocenters. The second kappa shape index (κ2) is 7.22. The van der Waals surface area contributed by atoms with Crippen molar-refractivity contribution in [2.24, 2.45) is 0 Å². The molecule has 1 aromatic rings. The smallest absolute Gasteiger partial charge is 0.271 e. The van der Waals surface area contributed by atoms with E-state index in [4.69, 9.17) is 11.6 Å². The first-order valence-electron chi connectivity index (χ1n) is 6.85. The van der Waals surface area contributed by atoms with E-state index in [1.165, 1.54) is 12.1 Å². The lowest BCUT2D eigenvalue weighted by Crippen LogP contribution is -2.41. The van der Waals surface area contributed by atoms with Gasteiger partial charge in [-0.3, -0.25) is 14.9 Å². The average molecular weight is 376 g/mol. The van der Waals surface area contributed by atoms with Crippen molar-refractivity contribution in [1.82, 2.24) is 4.90 Å². The van der Waals surface area contributed by atoms with E-state index in [2.05, 4.69) is 15.9 Å². The highest BCUT2D eigenvalue weighted by molar-refractivity contribution is 9.10. The Morgan fingerprint density at radius 3 is 2.81 bits per heavy atom. The first-order valence-corrected chi connectivity index (χ1v) is 8.17. The summed E-state index contributed by atoms with van der Waals surface area (Å²) in [4.78, 5) is 24.8. The maximum Gasteiger partial charge on any atom is 0.271 e. The summed E-state index contributed by atoms with van der Waals surface area (Å²) in [5, 5.41) is 10.9. The van der Waals surface area contributed by atoms with Gasteiger partial charge in [-0.15, -0.1) is 11.6 Å². The lowest BCUT2D eigenvalue weighted by atomic mass is 10.1. The molecule has 21 heavy (non-hydrogen) atoms. The van der Waals surface area contributed by atoms with E-state index in [0.29, 0.717) is 22.5 Å². The predicted octanol–water partition coefficient (Wildman–Crippen LogP) is 3.98. The largest absolute Gasteiger partial charge is 0.334 e. The number of nitro groups is 1. The Morgan fingerprint density at radius 1 is 1.38 bits per heavy atom. The normalized spacial score (nSPS) is 19.1. The van der Waals surface area contributed by atoms with Crippen molar-refractivity contribution in [3.05, 3.63) is 38.3 Å². The maximum absolute atomic E-state index is 12.7. The Balaban J connectivity index is 2.31. The van der Waals surface area contributed by atoms with E-state index < -0.39 is 4.92 Å². The fourth-order valence-electron chi connectivity index (χ4n) is 2.57. The van der Waals surface area contributed by atoms with Crippen LogP contribution in [0.2, 0.25) is 0 Å². The van der Waals surface area contributed by atoms with Gasteiger partial charge in [0.05, 0.1) is 4.92 Å². The minimum atomic E-state index is -0.497. The molecule has 0 radical (unpaired) electrons. The molecular formula is C14H16BrClN2O3. The van der Waals surface area contributed by atoms with Crippen LogP contribution in [-0.4, -0.2) is 34.2 Å². The topological polar surface area (TPSA) is 63.4 Å². The summed E-state index contributed by atoms with van der Waals surface area (Å²) in [5.74, 6) is 0.203. The first kappa shape index (κ1) is 16.2. The molecule has 2 rings (SSSR count). The fourth-order valence-corrected chi connectivity index (χ4v) is 3.38. The van der Waals surface area contributed by atoms with Gasteiger partial charge in [-0.1, -0.05) is 28.8 Å². The molecule has 0 spiro atoms. The van der Waals surface area contributed by atoms with Gasteiger partial charge in [-0.2, -0.15) is 0 Å². The summed E-state index contributed by atoms with van der Waals surface area (Å²) in [6.07, 6.45) is 3.95. The van der Waals surface area contributed by atoms with E-state index in [1.54, 1.807) is 11.0 Å². The molecule has 1 aliphatic heterocycles. The second-order valence-corrected chi connectivity index (χ2v) is 6.34. The number of alkyl halides is 1. The third-order valence-corrected chi connectivity index (χ3v) is 4.47. The van der Waals surface area contributed by atoms with Gasteiger partial charge in [0.2, 0.25) is 0 Å². The van der Waals surface area contributed by atoms with Crippen LogP contribution in [0.4, 0.5) is 5.69 Å². The zero-order valence-corrected chi connectivity index (χ0v) is 13.8. The molecular weight excluding hydrogens is 360 g/mol. The van der Waals surface area contributed by atoms with E-state index in [9.17, 15) is 14.9 Å². The Labute approximate surface area is 136 Å². The first-order chi connectivity index (χ1) is 10.0. The van der Waals surface area contributed by atoms with Crippen LogP contribution in [-0.2, 0) is 0 Å². The highest BCUT2D eigenvalue weighted by Gasteiger charge is 2.26. The lowest BCUT2D eigenvalue weighted by Gasteiger charge is -2.28. The minimum Gasteiger partial charge on any atom is -0.334 e. The monoisotopic (exact) mass is 374 g/mol. The Bertz CT molecular complexity index is 553. The van der Waals surface area contributed by atoms with Crippen LogP contribution in [0.1, 0.15) is 36.0 Å². The van der Waals surface area contributed by atoms with Crippen LogP contribution in [0.25, 0.3) is 0 Å². The number of halogens is 2. The van der Waals surface area contributed by atoms with Crippen molar-refractivity contribution in [3.63, 3.8) is 0 Å². The number of likely N-dealkylation sites (tertiary alicyclic amines) is 1. The Morgan fingerprint density at radius 2 is 2.14 bits per heavy atom. The van der Waals surface area contributed by atoms with Crippen LogP contribution >= 0.6 is 27.5 Å². The van der Waals surface area contributed by atoms with Crippen molar-refractivity contribution in [2.75, 3.05) is 12.4 Å². The number of hydrogen-bond donors (Lipinski definition) is 0. The number of rotatable bonds is 3. The van der Waals surface area contributed by atoms with Gasteiger partial charge in [0, 0.05) is 40.6 Å². The summed E-state index contributed by atoms with van der Waals surface area (Å²) >= 11 is 9.20. The molecule has 1 aromatic carbocycles. The molecule has 1 aliphatic rings. The van der Waals surface area contributed by atoms with Crippen LogP contribution < -0.4 is 0 Å². The molecule has 1 heterocycles. The van der Waals surface area contributed by atoms with E-state index in [-0.39, 0.29) is 17.6 Å². The van der Waals surface area contributed by atoms with Crippen LogP contribution in [0.15, 0.2) is 22.7 Å². The van der Waals surface area contributed by atoms with Crippen molar-refractivity contribution in [2.45, 2.75) is 31.7 Å². The zero-order chi connectivity index (χ0) is 15.4. The van der Waals surface area contributed by atoms with Gasteiger partial charge in [0.15, 0.2) is 0 Å². The van der Waals surface area contributed by atoms with Crippen LogP contribution in [0, 0.1) is 10.1 Å². The number of amides is 1. The van der Waals surface area contributed by atoms with E-state index in [1.807, 2.05) is 0 Å². The third kappa shape index (κ3) is 3.95. The number of carbonyl (C=O) groups is 1. The second-order valence-electron chi connectivity index (χ2n) is 5.11. The lowest BCUT2D eigenvalue weighted by molar-refractivity contribution is -0.385. The van der Waals surface area contributed by atoms with Crippen LogP contribution in [0.5, 0.6) is 0 Å². The number of benzene rings is 1. The molecule has 0 saturated carbocycles. The molecule has 0 aromatic heterocycles. The van der Waals surface area contributed by atoms with Gasteiger partial charge < -0.3 is 4.90 Å². The zero-order valence-electron chi connectivity index (χ0n) is 11.4. The fraction of sp³-hybridized carbons (Fsp3) is 0.500. The number of non-ortho nitro benzene ring substituents is 1. The van der Waals surface area contributed by atoms with Gasteiger partial charge in [-0.05, 0) is 18.9 Å². The summed E-state index contributed by atoms with van der Waals surface area (Å²) < 4.78 is 0.525. The van der Waals surface area contributed by atoms with Crippen LogP contribution in [0.3, 0.4) is 0 Å². The summed E-state index contributed by atoms with van der Waals surface area (Å²) in [6.45, 7) is 0.649. The molecule has 1 saturated heterocycles. The van der Waals surface area contributed by atoms with Gasteiger partial charge in [0.25, 0.3) is 11.6 Å².